The van der Waals surface area contributed by atoms with Crippen LogP contribution in [0.1, 0.15) is 141 Å². The molecule has 18 heteroatoms. The first kappa shape index (κ1) is 61.3. The van der Waals surface area contributed by atoms with Gasteiger partial charge in [0.05, 0.1) is 54.3 Å². The fourth-order valence-electron chi connectivity index (χ4n) is 19.3. The molecule has 2 aliphatic heterocycles. The van der Waals surface area contributed by atoms with Gasteiger partial charge in [0.1, 0.15) is 5.75 Å². The van der Waals surface area contributed by atoms with Crippen LogP contribution in [0.15, 0.2) is 70.6 Å². The summed E-state index contributed by atoms with van der Waals surface area (Å²) in [7, 11) is 3.06. The summed E-state index contributed by atoms with van der Waals surface area (Å²) in [4.78, 5) is 52.4. The monoisotopic (exact) mass is 1190 g/mol. The fourth-order valence-corrected chi connectivity index (χ4v) is 22.0. The Balaban J connectivity index is 1.10. The third-order valence-corrected chi connectivity index (χ3v) is 25.8. The van der Waals surface area contributed by atoms with Crippen LogP contribution in [-0.4, -0.2) is 132 Å². The Kier molecular flexibility index (Phi) is 17.8. The minimum Gasteiger partial charge on any atom is -0.508 e. The van der Waals surface area contributed by atoms with Crippen LogP contribution in [0.2, 0.25) is 0 Å². The summed E-state index contributed by atoms with van der Waals surface area (Å²) in [5, 5.41) is 90.7. The highest BCUT2D eigenvalue weighted by molar-refractivity contribution is 8.76. The number of phenolic OH excluding ortho intramolecular Hbond substituents is 1. The molecule has 0 amide bonds. The maximum absolute atomic E-state index is 16.2. The number of esters is 1. The Labute approximate surface area is 503 Å². The lowest BCUT2D eigenvalue weighted by molar-refractivity contribution is -0.195. The van der Waals surface area contributed by atoms with E-state index < -0.39 is 81.8 Å². The number of H-pyrrole nitrogens is 1. The number of aliphatic imine (C=N–C) groups is 1. The molecule has 6 fully saturated rings. The van der Waals surface area contributed by atoms with Crippen LogP contribution >= 0.6 is 21.6 Å². The van der Waals surface area contributed by atoms with Crippen LogP contribution in [0, 0.1) is 99.6 Å². The molecule has 13 N–H and O–H groups in total. The van der Waals surface area contributed by atoms with Crippen molar-refractivity contribution < 1.29 is 54.9 Å². The minimum atomic E-state index is -1.95. The highest BCUT2D eigenvalue weighted by Crippen LogP contribution is 2.73. The van der Waals surface area contributed by atoms with Crippen molar-refractivity contribution in [2.45, 2.75) is 159 Å². The van der Waals surface area contributed by atoms with Crippen molar-refractivity contribution in [1.29, 1.82) is 0 Å². The number of aromatic amines is 1. The van der Waals surface area contributed by atoms with Crippen molar-refractivity contribution in [1.82, 2.24) is 10.3 Å². The number of guanidine groups is 1. The van der Waals surface area contributed by atoms with E-state index in [0.717, 1.165) is 36.8 Å². The number of hydrogen-bond acceptors (Lipinski definition) is 15. The van der Waals surface area contributed by atoms with Crippen LogP contribution in [0.3, 0.4) is 0 Å². The van der Waals surface area contributed by atoms with Crippen LogP contribution in [0.4, 0.5) is 0 Å². The molecule has 1 aromatic heterocycles. The van der Waals surface area contributed by atoms with Crippen molar-refractivity contribution in [2.24, 2.45) is 104 Å². The molecule has 2 bridgehead atoms. The summed E-state index contributed by atoms with van der Waals surface area (Å²) in [6.45, 7) is 8.09. The largest absolute Gasteiger partial charge is 0.508 e. The Hall–Kier alpha value is -4.32. The van der Waals surface area contributed by atoms with Gasteiger partial charge in [0, 0.05) is 90.3 Å². The molecule has 22 atom stereocenters. The Morgan fingerprint density at radius 1 is 0.905 bits per heavy atom. The second-order valence-electron chi connectivity index (χ2n) is 27.8. The first-order chi connectivity index (χ1) is 40.1. The molecule has 0 spiro atoms. The number of allylic oxidation sites excluding steroid dienone is 3. The second kappa shape index (κ2) is 24.3. The molecule has 3 heterocycles. The van der Waals surface area contributed by atoms with E-state index in [2.05, 4.69) is 47.1 Å². The number of fused-ring (bicyclic) bond motifs is 10. The number of aliphatic hydroxyl groups is 6. The Morgan fingerprint density at radius 3 is 2.42 bits per heavy atom. The smallest absolute Gasteiger partial charge is 0.313 e. The van der Waals surface area contributed by atoms with Gasteiger partial charge in [-0.3, -0.25) is 19.4 Å². The van der Waals surface area contributed by atoms with Gasteiger partial charge < -0.3 is 62.3 Å². The van der Waals surface area contributed by atoms with E-state index in [-0.39, 0.29) is 129 Å². The summed E-state index contributed by atoms with van der Waals surface area (Å²) >= 11 is 0. The summed E-state index contributed by atoms with van der Waals surface area (Å²) in [5.41, 5.74) is 9.75. The molecule has 84 heavy (non-hydrogen) atoms. The fraction of sp³-hybridized carbons (Fsp3) is 0.697. The number of aromatic nitrogens is 1. The number of aliphatic hydroxyl groups excluding tert-OH is 4. The number of rotatable bonds is 9. The first-order valence-corrected chi connectivity index (χ1v) is 33.8. The molecule has 1 aromatic carbocycles. The van der Waals surface area contributed by atoms with Gasteiger partial charge in [-0.25, -0.2) is 0 Å². The van der Waals surface area contributed by atoms with Gasteiger partial charge >= 0.3 is 5.97 Å². The van der Waals surface area contributed by atoms with Gasteiger partial charge in [-0.15, -0.1) is 0 Å². The molecule has 16 nitrogen and oxygen atoms in total. The number of phenols is 1. The lowest BCUT2D eigenvalue weighted by atomic mass is 9.43. The van der Waals surface area contributed by atoms with Gasteiger partial charge in [-0.1, -0.05) is 78.0 Å². The van der Waals surface area contributed by atoms with Crippen molar-refractivity contribution in [3.05, 3.63) is 76.8 Å². The summed E-state index contributed by atoms with van der Waals surface area (Å²) < 4.78 is 6.01. The van der Waals surface area contributed by atoms with E-state index in [1.165, 1.54) is 16.4 Å². The number of aromatic hydroxyl groups is 1. The quantitative estimate of drug-likeness (QED) is 0.0305. The second-order valence-corrected chi connectivity index (χ2v) is 30.4. The normalized spacial score (nSPS) is 43.4. The lowest BCUT2D eigenvalue weighted by Gasteiger charge is -2.63. The molecule has 7 aliphatic carbocycles. The molecule has 458 valence electrons. The van der Waals surface area contributed by atoms with Crippen molar-refractivity contribution in [2.75, 3.05) is 37.8 Å². The highest BCUT2D eigenvalue weighted by Gasteiger charge is 2.75. The van der Waals surface area contributed by atoms with Crippen molar-refractivity contribution in [3.8, 4) is 17.6 Å². The topological polar surface area (TPSA) is 294 Å². The molecule has 0 radical (unpaired) electrons. The number of ether oxygens (including phenoxy) is 1. The zero-order valence-electron chi connectivity index (χ0n) is 49.3. The number of carbonyl (C=O) groups excluding carboxylic acids is 3. The number of hydrogen-bond donors (Lipinski definition) is 11. The molecule has 2 aromatic rings. The maximum atomic E-state index is 16.2. The van der Waals surface area contributed by atoms with E-state index in [0.29, 0.717) is 61.0 Å². The van der Waals surface area contributed by atoms with Gasteiger partial charge in [0.25, 0.3) is 0 Å². The molecule has 11 rings (SSSR count). The number of benzene rings is 1. The molecule has 2 saturated heterocycles. The summed E-state index contributed by atoms with van der Waals surface area (Å²) in [6, 6.07) is 8.76. The summed E-state index contributed by atoms with van der Waals surface area (Å²) in [5.74, 6) is 3.03. The van der Waals surface area contributed by atoms with Crippen LogP contribution in [-0.2, 0) is 19.1 Å². The predicted octanol–water partition coefficient (Wildman–Crippen LogP) is 6.88. The minimum absolute atomic E-state index is 0.0220. The standard InChI is InChI=1S/C66H91N5O11S2/c1-35-7-8-39-13-16-45-36(2)25-53(76)64(4,80)60-48(38(6-5-23-72)9-10-40(27-47(45)46(39)24-35)49-32-82-61(79)54(49)41-18-21-69-30-41)28-66(81)56-51(17-19-65(60,66)20-22-70-62(67)68)63(3)29-52(75)58(77)50-34-84-83-33-42(37-11-14-43(73)15-12-37)26-44(74)31-71-57(56)59(78)55(50)63/h11-15,18,21,30,35-36,38,40,42,45-55,58,60,69,71-73,75-77,80-81H,5-8,16-17,19-20,22-29,31-34H2,1-4H3,(H4,67,68,70)/t35-,36+,38+,40+,42+,45-,46+,47-,48-,49-,50+,51-,52-,53+,54-,55-,58+,60+,63+,64-,65-,66+/m0/s1. The molecular formula is C66H91N5O11S2. The molecular weight excluding hydrogens is 1100 g/mol. The Morgan fingerprint density at radius 2 is 1.68 bits per heavy atom. The van der Waals surface area contributed by atoms with Crippen LogP contribution in [0.25, 0.3) is 0 Å². The van der Waals surface area contributed by atoms with Gasteiger partial charge in [-0.05, 0) is 172 Å². The first-order valence-electron chi connectivity index (χ1n) is 31.3. The molecule has 4 saturated carbocycles. The molecule has 9 aliphatic rings. The van der Waals surface area contributed by atoms with Crippen molar-refractivity contribution >= 4 is 45.1 Å². The number of nitrogens with two attached hydrogens (primary N) is 2. The van der Waals surface area contributed by atoms with Crippen LogP contribution < -0.4 is 16.8 Å². The SMILES string of the molecule is C[C@H]1CCC2=CC[C@@H]3[C@H](C[C@H]([C@@H]4COC(=O)[C@H]4c4cc[nH]c4)C#C[C@@H](CCCO)[C@@H]4C[C@@]5(O)C6=C7NCC(=O)C[C@@H](c8ccc(O)cc8)CSSC[C@H]8[C@@H](O)[C@@H](O)C[C@@](C)([C@@H]8C7=O)[C@H]6CC[C@]5(CCN=C(N)N)[C@H]4[C@@](C)(O)[C@H](O)C[C@H]3C)[C@@H]2C1. The zero-order chi connectivity index (χ0) is 59.6. The number of ketones is 2. The van der Waals surface area contributed by atoms with E-state index in [4.69, 9.17) is 16.2 Å². The van der Waals surface area contributed by atoms with Crippen LogP contribution in [0.5, 0.6) is 5.75 Å². The number of nitrogens with zero attached hydrogens (tertiary/aromatic N) is 1. The number of carbonyl (C=O) groups is 3. The zero-order valence-corrected chi connectivity index (χ0v) is 51.0. The molecule has 0 unspecified atom stereocenters. The van der Waals surface area contributed by atoms with E-state index in [1.807, 2.05) is 37.5 Å². The average molecular weight is 1190 g/mol. The predicted molar refractivity (Wildman–Crippen MR) is 324 cm³/mol. The average Bonchev–Trinajstić information content (AvgIpc) is 1.37. The highest BCUT2D eigenvalue weighted by atomic mass is 33.1. The summed E-state index contributed by atoms with van der Waals surface area (Å²) in [6.07, 6.45) is 9.02. The van der Waals surface area contributed by atoms with E-state index in [1.54, 1.807) is 29.9 Å². The van der Waals surface area contributed by atoms with Gasteiger partial charge in [0.2, 0.25) is 0 Å². The van der Waals surface area contributed by atoms with Crippen molar-refractivity contribution in [3.63, 3.8) is 0 Å². The van der Waals surface area contributed by atoms with E-state index in [9.17, 15) is 45.3 Å². The lowest BCUT2D eigenvalue weighted by Crippen LogP contribution is -2.67. The maximum Gasteiger partial charge on any atom is 0.313 e. The third-order valence-electron chi connectivity index (χ3n) is 23.2. The van der Waals surface area contributed by atoms with Gasteiger partial charge in [-0.2, -0.15) is 0 Å². The number of Topliss-reactive ketones (excluding diaryl/α,β-unsaturated/α-hetero) is 2. The van der Waals surface area contributed by atoms with E-state index >= 15 is 4.79 Å². The Bertz CT molecular complexity index is 2920. The number of nitrogens with one attached hydrogen (secondary N) is 2. The van der Waals surface area contributed by atoms with Gasteiger partial charge in [0.15, 0.2) is 17.5 Å². The number of cyclic esters (lactones) is 1. The third kappa shape index (κ3) is 10.9.